The molecule has 25 heavy (non-hydrogen) atoms. The first-order valence-corrected chi connectivity index (χ1v) is 8.88. The molecule has 0 saturated carbocycles. The van der Waals surface area contributed by atoms with Crippen molar-refractivity contribution in [3.05, 3.63) is 46.8 Å². The molecule has 2 aromatic rings. The van der Waals surface area contributed by atoms with Crippen LogP contribution in [0.1, 0.15) is 60.9 Å². The van der Waals surface area contributed by atoms with Gasteiger partial charge in [0.05, 0.1) is 0 Å². The van der Waals surface area contributed by atoms with Gasteiger partial charge in [0.2, 0.25) is 5.95 Å². The molecule has 0 fully saturated rings. The summed E-state index contributed by atoms with van der Waals surface area (Å²) in [5.41, 5.74) is 4.56. The zero-order valence-electron chi connectivity index (χ0n) is 16.1. The van der Waals surface area contributed by atoms with Gasteiger partial charge in [-0.15, -0.1) is 0 Å². The Labute approximate surface area is 150 Å². The molecule has 0 aliphatic heterocycles. The number of carbonyl (C=O) groups excluding carboxylic acids is 1. The fourth-order valence-corrected chi connectivity index (χ4v) is 2.86. The average Bonchev–Trinajstić information content (AvgIpc) is 2.57. The Morgan fingerprint density at radius 1 is 1.16 bits per heavy atom. The summed E-state index contributed by atoms with van der Waals surface area (Å²) in [5, 5.41) is 3.34. The number of hydrogen-bond donors (Lipinski definition) is 1. The van der Waals surface area contributed by atoms with E-state index >= 15 is 0 Å². The number of benzene rings is 1. The van der Waals surface area contributed by atoms with Crippen molar-refractivity contribution in [3.8, 4) is 0 Å². The van der Waals surface area contributed by atoms with Gasteiger partial charge < -0.3 is 10.2 Å². The van der Waals surface area contributed by atoms with Crippen molar-refractivity contribution in [1.82, 2.24) is 14.9 Å². The van der Waals surface area contributed by atoms with Gasteiger partial charge in [-0.25, -0.2) is 9.97 Å². The lowest BCUT2D eigenvalue weighted by atomic mass is 9.98. The summed E-state index contributed by atoms with van der Waals surface area (Å²) in [7, 11) is 0. The predicted molar refractivity (Wildman–Crippen MR) is 103 cm³/mol. The third kappa shape index (κ3) is 4.35. The second-order valence-corrected chi connectivity index (χ2v) is 6.51. The molecule has 134 valence electrons. The van der Waals surface area contributed by atoms with Crippen LogP contribution < -0.4 is 5.32 Å². The largest absolute Gasteiger partial charge is 0.338 e. The number of rotatable bonds is 6. The van der Waals surface area contributed by atoms with Gasteiger partial charge in [-0.2, -0.15) is 0 Å². The van der Waals surface area contributed by atoms with E-state index < -0.39 is 0 Å². The van der Waals surface area contributed by atoms with E-state index in [0.717, 1.165) is 16.9 Å². The first-order valence-electron chi connectivity index (χ1n) is 8.88. The van der Waals surface area contributed by atoms with Gasteiger partial charge in [0.15, 0.2) is 0 Å². The van der Waals surface area contributed by atoms with Crippen LogP contribution >= 0.6 is 0 Å². The Balaban J connectivity index is 2.41. The molecule has 5 heteroatoms. The van der Waals surface area contributed by atoms with E-state index in [1.165, 1.54) is 5.56 Å². The van der Waals surface area contributed by atoms with Crippen molar-refractivity contribution in [2.24, 2.45) is 0 Å². The molecule has 2 rings (SSSR count). The van der Waals surface area contributed by atoms with Crippen LogP contribution in [0.4, 0.5) is 11.6 Å². The number of nitrogens with one attached hydrogen (secondary N) is 1. The van der Waals surface area contributed by atoms with Crippen LogP contribution in [0.2, 0.25) is 0 Å². The molecule has 0 radical (unpaired) electrons. The van der Waals surface area contributed by atoms with Gasteiger partial charge in [0.1, 0.15) is 5.69 Å². The van der Waals surface area contributed by atoms with Crippen LogP contribution in [0.5, 0.6) is 0 Å². The predicted octanol–water partition coefficient (Wildman–Crippen LogP) is 4.44. The van der Waals surface area contributed by atoms with Crippen LogP contribution in [0.15, 0.2) is 24.3 Å². The van der Waals surface area contributed by atoms with Crippen molar-refractivity contribution < 1.29 is 4.79 Å². The molecule has 0 saturated heterocycles. The lowest BCUT2D eigenvalue weighted by molar-refractivity contribution is 0.0767. The van der Waals surface area contributed by atoms with E-state index in [0.29, 0.717) is 30.6 Å². The second-order valence-electron chi connectivity index (χ2n) is 6.51. The average molecular weight is 340 g/mol. The number of nitrogens with zero attached hydrogens (tertiary/aromatic N) is 3. The maximum absolute atomic E-state index is 12.6. The van der Waals surface area contributed by atoms with Crippen molar-refractivity contribution in [3.63, 3.8) is 0 Å². The van der Waals surface area contributed by atoms with Gasteiger partial charge >= 0.3 is 0 Å². The molecule has 1 aromatic heterocycles. The summed E-state index contributed by atoms with van der Waals surface area (Å²) >= 11 is 0. The van der Waals surface area contributed by atoms with E-state index in [9.17, 15) is 4.79 Å². The van der Waals surface area contributed by atoms with Crippen molar-refractivity contribution in [2.45, 2.75) is 47.5 Å². The lowest BCUT2D eigenvalue weighted by Gasteiger charge is -2.19. The minimum atomic E-state index is -0.0626. The quantitative estimate of drug-likeness (QED) is 0.844. The highest BCUT2D eigenvalue weighted by Crippen LogP contribution is 2.29. The highest BCUT2D eigenvalue weighted by atomic mass is 16.2. The number of hydrogen-bond acceptors (Lipinski definition) is 4. The van der Waals surface area contributed by atoms with E-state index in [1.807, 2.05) is 20.8 Å². The summed E-state index contributed by atoms with van der Waals surface area (Å²) in [4.78, 5) is 23.3. The molecule has 0 spiro atoms. The summed E-state index contributed by atoms with van der Waals surface area (Å²) in [6.45, 7) is 13.5. The highest BCUT2D eigenvalue weighted by molar-refractivity contribution is 5.92. The summed E-state index contributed by atoms with van der Waals surface area (Å²) in [6.07, 6.45) is 0. The molecule has 1 aromatic carbocycles. The standard InChI is InChI=1S/C20H28N4O/c1-7-24(8-2)19(25)17-12-15(6)21-20(22-17)23-18-14(5)10-9-11-16(18)13(3)4/h9-13H,7-8H2,1-6H3,(H,21,22,23). The highest BCUT2D eigenvalue weighted by Gasteiger charge is 2.17. The smallest absolute Gasteiger partial charge is 0.272 e. The van der Waals surface area contributed by atoms with E-state index in [-0.39, 0.29) is 5.91 Å². The topological polar surface area (TPSA) is 58.1 Å². The van der Waals surface area contributed by atoms with Crippen LogP contribution in [-0.4, -0.2) is 33.9 Å². The SMILES string of the molecule is CCN(CC)C(=O)c1cc(C)nc(Nc2c(C)cccc2C(C)C)n1. The number of aryl methyl sites for hydroxylation is 2. The zero-order valence-corrected chi connectivity index (χ0v) is 16.1. The number of aromatic nitrogens is 2. The maximum Gasteiger partial charge on any atom is 0.272 e. The van der Waals surface area contributed by atoms with Crippen LogP contribution in [0.3, 0.4) is 0 Å². The van der Waals surface area contributed by atoms with Crippen molar-refractivity contribution in [2.75, 3.05) is 18.4 Å². The molecular formula is C20H28N4O. The number of carbonyl (C=O) groups is 1. The Hall–Kier alpha value is -2.43. The van der Waals surface area contributed by atoms with Gasteiger partial charge in [-0.1, -0.05) is 32.0 Å². The molecule has 0 aliphatic carbocycles. The van der Waals surface area contributed by atoms with E-state index in [2.05, 4.69) is 54.3 Å². The first-order chi connectivity index (χ1) is 11.9. The molecule has 5 nitrogen and oxygen atoms in total. The summed E-state index contributed by atoms with van der Waals surface area (Å²) in [6, 6.07) is 7.97. The Kier molecular flexibility index (Phi) is 6.12. The van der Waals surface area contributed by atoms with E-state index in [1.54, 1.807) is 11.0 Å². The monoisotopic (exact) mass is 340 g/mol. The Bertz CT molecular complexity index is 751. The zero-order chi connectivity index (χ0) is 18.6. The van der Waals surface area contributed by atoms with Gasteiger partial charge in [0.25, 0.3) is 5.91 Å². The fraction of sp³-hybridized carbons (Fsp3) is 0.450. The third-order valence-electron chi connectivity index (χ3n) is 4.29. The Morgan fingerprint density at radius 3 is 2.44 bits per heavy atom. The lowest BCUT2D eigenvalue weighted by Crippen LogP contribution is -2.31. The number of amides is 1. The van der Waals surface area contributed by atoms with Crippen LogP contribution in [0.25, 0.3) is 0 Å². The molecule has 0 atom stereocenters. The first kappa shape index (κ1) is 18.9. The molecule has 0 aliphatic rings. The minimum absolute atomic E-state index is 0.0626. The molecule has 1 heterocycles. The van der Waals surface area contributed by atoms with E-state index in [4.69, 9.17) is 0 Å². The Morgan fingerprint density at radius 2 is 1.84 bits per heavy atom. The molecule has 1 N–H and O–H groups in total. The fourth-order valence-electron chi connectivity index (χ4n) is 2.86. The molecular weight excluding hydrogens is 312 g/mol. The van der Waals surface area contributed by atoms with Crippen molar-refractivity contribution in [1.29, 1.82) is 0 Å². The summed E-state index contributed by atoms with van der Waals surface area (Å²) < 4.78 is 0. The number of anilines is 2. The summed E-state index contributed by atoms with van der Waals surface area (Å²) in [5.74, 6) is 0.781. The molecule has 1 amide bonds. The van der Waals surface area contributed by atoms with Crippen LogP contribution in [-0.2, 0) is 0 Å². The third-order valence-corrected chi connectivity index (χ3v) is 4.29. The van der Waals surface area contributed by atoms with Crippen molar-refractivity contribution >= 4 is 17.5 Å². The minimum Gasteiger partial charge on any atom is -0.338 e. The second kappa shape index (κ2) is 8.10. The van der Waals surface area contributed by atoms with Crippen LogP contribution in [0, 0.1) is 13.8 Å². The molecule has 0 unspecified atom stereocenters. The van der Waals surface area contributed by atoms with Gasteiger partial charge in [-0.3, -0.25) is 4.79 Å². The van der Waals surface area contributed by atoms with Gasteiger partial charge in [0, 0.05) is 24.5 Å². The number of para-hydroxylation sites is 1. The molecule has 0 bridgehead atoms. The van der Waals surface area contributed by atoms with Gasteiger partial charge in [-0.05, 0) is 50.8 Å². The normalized spacial score (nSPS) is 10.8. The maximum atomic E-state index is 12.6.